The maximum absolute atomic E-state index is 12.0. The second-order valence-electron chi connectivity index (χ2n) is 9.01. The van der Waals surface area contributed by atoms with E-state index in [0.717, 1.165) is 36.3 Å². The Morgan fingerprint density at radius 2 is 1.70 bits per heavy atom. The first kappa shape index (κ1) is 20.2. The third-order valence-electron chi connectivity index (χ3n) is 4.89. The zero-order chi connectivity index (χ0) is 18.1. The molecule has 1 rings (SSSR count). The van der Waals surface area contributed by atoms with Crippen molar-refractivity contribution in [2.75, 3.05) is 6.61 Å². The first-order valence-corrected chi connectivity index (χ1v) is 11.4. The average Bonchev–Trinajstić information content (AvgIpc) is 2.36. The van der Waals surface area contributed by atoms with Gasteiger partial charge < -0.3 is 8.84 Å². The summed E-state index contributed by atoms with van der Waals surface area (Å²) in [6.07, 6.45) is 1.79. The molecule has 0 saturated carbocycles. The normalized spacial score (nSPS) is 13.4. The van der Waals surface area contributed by atoms with Crippen LogP contribution in [0.2, 0.25) is 18.1 Å². The van der Waals surface area contributed by atoms with Gasteiger partial charge in [-0.3, -0.25) is 0 Å². The van der Waals surface area contributed by atoms with E-state index in [1.54, 1.807) is 0 Å². The maximum Gasteiger partial charge on any atom is 0.339 e. The molecule has 0 aliphatic rings. The van der Waals surface area contributed by atoms with Crippen LogP contribution < -0.4 is 5.63 Å². The molecule has 0 amide bonds. The molecule has 0 N–H and O–H groups in total. The van der Waals surface area contributed by atoms with Crippen LogP contribution in [0.15, 0.2) is 15.3 Å². The Kier molecular flexibility index (Phi) is 6.08. The van der Waals surface area contributed by atoms with Crippen molar-refractivity contribution in [1.29, 1.82) is 0 Å². The largest absolute Gasteiger partial charge is 0.427 e. The predicted molar refractivity (Wildman–Crippen MR) is 99.9 cm³/mol. The van der Waals surface area contributed by atoms with Crippen molar-refractivity contribution in [3.05, 3.63) is 33.4 Å². The average molecular weight is 339 g/mol. The second-order valence-corrected chi connectivity index (χ2v) is 13.8. The fraction of sp³-hybridized carbons (Fsp3) is 0.737. The monoisotopic (exact) mass is 338 g/mol. The van der Waals surface area contributed by atoms with Gasteiger partial charge in [-0.15, -0.1) is 0 Å². The first-order valence-electron chi connectivity index (χ1n) is 8.54. The highest BCUT2D eigenvalue weighted by Crippen LogP contribution is 2.36. The molecular formula is C19H34O3Si. The summed E-state index contributed by atoms with van der Waals surface area (Å²) in [6, 6.07) is 2.04. The van der Waals surface area contributed by atoms with Gasteiger partial charge in [0.25, 0.3) is 0 Å². The first-order chi connectivity index (χ1) is 10.3. The van der Waals surface area contributed by atoms with Crippen LogP contribution in [-0.2, 0) is 16.3 Å². The van der Waals surface area contributed by atoms with Crippen molar-refractivity contribution in [2.45, 2.75) is 84.9 Å². The summed E-state index contributed by atoms with van der Waals surface area (Å²) in [5, 5.41) is 0.232. The zero-order valence-corrected chi connectivity index (χ0v) is 17.4. The highest BCUT2D eigenvalue weighted by Gasteiger charge is 2.36. The van der Waals surface area contributed by atoms with Gasteiger partial charge >= 0.3 is 5.63 Å². The summed E-state index contributed by atoms with van der Waals surface area (Å²) < 4.78 is 11.7. The van der Waals surface area contributed by atoms with Gasteiger partial charge in [-0.25, -0.2) is 4.79 Å². The van der Waals surface area contributed by atoms with E-state index >= 15 is 0 Å². The van der Waals surface area contributed by atoms with Gasteiger partial charge in [-0.2, -0.15) is 0 Å². The molecule has 0 bridgehead atoms. The number of hydrogen-bond acceptors (Lipinski definition) is 3. The Morgan fingerprint density at radius 1 is 1.13 bits per heavy atom. The van der Waals surface area contributed by atoms with Crippen molar-refractivity contribution >= 4 is 8.32 Å². The van der Waals surface area contributed by atoms with E-state index in [2.05, 4.69) is 54.6 Å². The van der Waals surface area contributed by atoms with E-state index in [1.807, 2.05) is 13.0 Å². The lowest BCUT2D eigenvalue weighted by atomic mass is 9.91. The van der Waals surface area contributed by atoms with Crippen molar-refractivity contribution in [3.8, 4) is 0 Å². The molecule has 0 radical (unpaired) electrons. The van der Waals surface area contributed by atoms with Crippen molar-refractivity contribution in [3.63, 3.8) is 0 Å². The minimum Gasteiger partial charge on any atom is -0.427 e. The summed E-state index contributed by atoms with van der Waals surface area (Å²) in [5.74, 6) is 0.758. The molecule has 132 valence electrons. The molecule has 23 heavy (non-hydrogen) atoms. The van der Waals surface area contributed by atoms with Crippen molar-refractivity contribution < 1.29 is 8.84 Å². The third kappa shape index (κ3) is 5.32. The van der Waals surface area contributed by atoms with E-state index in [1.165, 1.54) is 0 Å². The zero-order valence-electron chi connectivity index (χ0n) is 16.4. The van der Waals surface area contributed by atoms with Gasteiger partial charge in [0.1, 0.15) is 5.76 Å². The molecule has 0 aliphatic carbocycles. The Morgan fingerprint density at radius 3 is 2.17 bits per heavy atom. The Labute approximate surface area is 142 Å². The number of rotatable bonds is 5. The molecule has 0 aromatic carbocycles. The lowest BCUT2D eigenvalue weighted by Gasteiger charge is -2.36. The van der Waals surface area contributed by atoms with Crippen LogP contribution in [0.25, 0.3) is 0 Å². The Bertz CT molecular complexity index is 586. The third-order valence-corrected chi connectivity index (χ3v) is 9.43. The molecule has 0 atom stereocenters. The topological polar surface area (TPSA) is 39.4 Å². The fourth-order valence-corrected chi connectivity index (χ4v) is 3.13. The Balaban J connectivity index is 2.76. The highest BCUT2D eigenvalue weighted by atomic mass is 28.4. The van der Waals surface area contributed by atoms with E-state index in [4.69, 9.17) is 8.84 Å². The van der Waals surface area contributed by atoms with Gasteiger partial charge in [-0.05, 0) is 49.5 Å². The second kappa shape index (κ2) is 6.94. The van der Waals surface area contributed by atoms with E-state index in [9.17, 15) is 4.79 Å². The van der Waals surface area contributed by atoms with Crippen LogP contribution in [0.1, 0.15) is 64.9 Å². The maximum atomic E-state index is 12.0. The molecule has 0 aliphatic heterocycles. The molecule has 1 aromatic rings. The summed E-state index contributed by atoms with van der Waals surface area (Å²) in [5.41, 5.74) is 1.45. The van der Waals surface area contributed by atoms with Gasteiger partial charge in [0.2, 0.25) is 0 Å². The minimum absolute atomic E-state index is 0.154. The fourth-order valence-electron chi connectivity index (χ4n) is 2.04. The highest BCUT2D eigenvalue weighted by molar-refractivity contribution is 6.74. The lowest BCUT2D eigenvalue weighted by molar-refractivity contribution is 0.282. The molecule has 0 spiro atoms. The van der Waals surface area contributed by atoms with E-state index in [-0.39, 0.29) is 16.1 Å². The van der Waals surface area contributed by atoms with Gasteiger partial charge in [-0.1, -0.05) is 41.5 Å². The summed E-state index contributed by atoms with van der Waals surface area (Å²) in [6.45, 7) is 20.1. The van der Waals surface area contributed by atoms with Crippen LogP contribution >= 0.6 is 0 Å². The molecule has 4 heteroatoms. The molecule has 3 nitrogen and oxygen atoms in total. The minimum atomic E-state index is -1.69. The SMILES string of the molecule is Cc1c(CCCO[Si](C)(C)C(C)(C)C)cc(C(C)(C)C)oc1=O. The summed E-state index contributed by atoms with van der Waals surface area (Å²) in [7, 11) is -1.69. The van der Waals surface area contributed by atoms with Crippen LogP contribution in [0.4, 0.5) is 0 Å². The van der Waals surface area contributed by atoms with Gasteiger partial charge in [0.15, 0.2) is 8.32 Å². The number of aryl methyl sites for hydroxylation is 1. The summed E-state index contributed by atoms with van der Waals surface area (Å²) in [4.78, 5) is 12.0. The molecule has 0 unspecified atom stereocenters. The standard InChI is InChI=1S/C19H34O3Si/c1-14-15(13-16(18(2,3)4)22-17(14)20)11-10-12-21-23(8,9)19(5,6)7/h13H,10-12H2,1-9H3. The number of hydrogen-bond donors (Lipinski definition) is 0. The van der Waals surface area contributed by atoms with Crippen LogP contribution in [0, 0.1) is 6.92 Å². The van der Waals surface area contributed by atoms with Crippen LogP contribution in [0.5, 0.6) is 0 Å². The summed E-state index contributed by atoms with van der Waals surface area (Å²) >= 11 is 0. The van der Waals surface area contributed by atoms with Crippen LogP contribution in [-0.4, -0.2) is 14.9 Å². The van der Waals surface area contributed by atoms with E-state index < -0.39 is 8.32 Å². The van der Waals surface area contributed by atoms with Crippen LogP contribution in [0.3, 0.4) is 0 Å². The van der Waals surface area contributed by atoms with E-state index in [0.29, 0.717) is 0 Å². The van der Waals surface area contributed by atoms with Crippen molar-refractivity contribution in [2.24, 2.45) is 0 Å². The molecule has 1 heterocycles. The predicted octanol–water partition coefficient (Wildman–Crippen LogP) is 5.20. The lowest BCUT2D eigenvalue weighted by Crippen LogP contribution is -2.41. The van der Waals surface area contributed by atoms with Gasteiger partial charge in [0.05, 0.1) is 0 Å². The van der Waals surface area contributed by atoms with Crippen molar-refractivity contribution in [1.82, 2.24) is 0 Å². The molecule has 1 aromatic heterocycles. The molecule has 0 fully saturated rings. The Hall–Kier alpha value is -0.873. The quantitative estimate of drug-likeness (QED) is 0.547. The van der Waals surface area contributed by atoms with Gasteiger partial charge in [0, 0.05) is 17.6 Å². The smallest absolute Gasteiger partial charge is 0.339 e. The molecule has 0 saturated heterocycles. The molecular weight excluding hydrogens is 304 g/mol.